The number of hydrogen-bond acceptors (Lipinski definition) is 4. The number of carboxylic acid groups (broad SMARTS) is 1. The molecule has 1 atom stereocenters. The lowest BCUT2D eigenvalue weighted by atomic mass is 10.0. The van der Waals surface area contributed by atoms with Gasteiger partial charge in [-0.3, -0.25) is 4.79 Å². The lowest BCUT2D eigenvalue weighted by Crippen LogP contribution is -2.44. The molecule has 0 fully saturated rings. The van der Waals surface area contributed by atoms with Gasteiger partial charge in [0, 0.05) is 5.56 Å². The number of aliphatic carboxylic acids is 1. The van der Waals surface area contributed by atoms with Crippen molar-refractivity contribution in [2.75, 3.05) is 14.2 Å². The summed E-state index contributed by atoms with van der Waals surface area (Å²) >= 11 is 0. The number of benzene rings is 1. The van der Waals surface area contributed by atoms with Crippen molar-refractivity contribution in [1.82, 2.24) is 5.32 Å². The normalized spacial score (nSPS) is 11.9. The molecule has 0 radical (unpaired) electrons. The SMILES string of the molecule is COc1cc(C)c(C(=O)NC(C(=O)O)C(C)C)cc1OC. The molecule has 0 aromatic heterocycles. The fraction of sp³-hybridized carbons (Fsp3) is 0.467. The number of hydrogen-bond donors (Lipinski definition) is 2. The zero-order chi connectivity index (χ0) is 16.2. The molecule has 6 heteroatoms. The van der Waals surface area contributed by atoms with Crippen LogP contribution in [0.3, 0.4) is 0 Å². The second-order valence-electron chi connectivity index (χ2n) is 5.06. The highest BCUT2D eigenvalue weighted by Crippen LogP contribution is 2.30. The van der Waals surface area contributed by atoms with E-state index in [2.05, 4.69) is 5.32 Å². The van der Waals surface area contributed by atoms with Gasteiger partial charge in [0.1, 0.15) is 6.04 Å². The first kappa shape index (κ1) is 16.8. The molecular weight excluding hydrogens is 274 g/mol. The quantitative estimate of drug-likeness (QED) is 0.836. The van der Waals surface area contributed by atoms with Crippen LogP contribution in [0, 0.1) is 12.8 Å². The number of carbonyl (C=O) groups excluding carboxylic acids is 1. The topological polar surface area (TPSA) is 84.9 Å². The summed E-state index contributed by atoms with van der Waals surface area (Å²) in [7, 11) is 2.99. The summed E-state index contributed by atoms with van der Waals surface area (Å²) in [6.45, 7) is 5.23. The first-order chi connectivity index (χ1) is 9.81. The van der Waals surface area contributed by atoms with E-state index < -0.39 is 17.9 Å². The van der Waals surface area contributed by atoms with Gasteiger partial charge in [-0.05, 0) is 30.5 Å². The van der Waals surface area contributed by atoms with Crippen LogP contribution in [0.5, 0.6) is 11.5 Å². The molecule has 0 aliphatic carbocycles. The molecular formula is C15H21NO5. The predicted octanol–water partition coefficient (Wildman–Crippen LogP) is 1.85. The number of carbonyl (C=O) groups is 2. The Labute approximate surface area is 124 Å². The molecule has 6 nitrogen and oxygen atoms in total. The monoisotopic (exact) mass is 295 g/mol. The first-order valence-electron chi connectivity index (χ1n) is 6.58. The second-order valence-corrected chi connectivity index (χ2v) is 5.06. The van der Waals surface area contributed by atoms with E-state index in [1.54, 1.807) is 32.9 Å². The predicted molar refractivity (Wildman–Crippen MR) is 78.0 cm³/mol. The maximum atomic E-state index is 12.3. The Morgan fingerprint density at radius 1 is 1.14 bits per heavy atom. The van der Waals surface area contributed by atoms with Crippen molar-refractivity contribution in [1.29, 1.82) is 0 Å². The number of carboxylic acids is 1. The first-order valence-corrected chi connectivity index (χ1v) is 6.58. The van der Waals surface area contributed by atoms with Gasteiger partial charge >= 0.3 is 5.97 Å². The van der Waals surface area contributed by atoms with E-state index in [1.807, 2.05) is 0 Å². The Balaban J connectivity index is 3.10. The molecule has 2 N–H and O–H groups in total. The molecule has 0 aliphatic heterocycles. The average Bonchev–Trinajstić information content (AvgIpc) is 2.43. The molecule has 0 spiro atoms. The molecule has 116 valence electrons. The van der Waals surface area contributed by atoms with Gasteiger partial charge in [0.15, 0.2) is 11.5 Å². The van der Waals surface area contributed by atoms with Crippen LogP contribution in [0.15, 0.2) is 12.1 Å². The standard InChI is InChI=1S/C15H21NO5/c1-8(2)13(15(18)19)16-14(17)10-7-12(21-5)11(20-4)6-9(10)3/h6-8,13H,1-5H3,(H,16,17)(H,18,19). The minimum absolute atomic E-state index is 0.216. The molecule has 0 saturated carbocycles. The van der Waals surface area contributed by atoms with Crippen LogP contribution in [0.2, 0.25) is 0 Å². The molecule has 0 heterocycles. The third-order valence-electron chi connectivity index (χ3n) is 3.19. The van der Waals surface area contributed by atoms with Gasteiger partial charge in [-0.1, -0.05) is 13.8 Å². The van der Waals surface area contributed by atoms with Gasteiger partial charge in [0.2, 0.25) is 0 Å². The van der Waals surface area contributed by atoms with Crippen molar-refractivity contribution in [2.45, 2.75) is 26.8 Å². The molecule has 1 rings (SSSR count). The van der Waals surface area contributed by atoms with Crippen molar-refractivity contribution >= 4 is 11.9 Å². The van der Waals surface area contributed by atoms with Crippen LogP contribution in [0.4, 0.5) is 0 Å². The molecule has 1 unspecified atom stereocenters. The van der Waals surface area contributed by atoms with E-state index in [0.29, 0.717) is 22.6 Å². The Morgan fingerprint density at radius 3 is 2.10 bits per heavy atom. The van der Waals surface area contributed by atoms with Gasteiger partial charge in [-0.25, -0.2) is 4.79 Å². The van der Waals surface area contributed by atoms with Gasteiger partial charge in [-0.2, -0.15) is 0 Å². The molecule has 0 bridgehead atoms. The van der Waals surface area contributed by atoms with Crippen LogP contribution in [-0.4, -0.2) is 37.2 Å². The number of aryl methyl sites for hydroxylation is 1. The maximum Gasteiger partial charge on any atom is 0.326 e. The minimum atomic E-state index is -1.06. The molecule has 21 heavy (non-hydrogen) atoms. The molecule has 0 saturated heterocycles. The van der Waals surface area contributed by atoms with E-state index >= 15 is 0 Å². The molecule has 1 amide bonds. The van der Waals surface area contributed by atoms with Crippen molar-refractivity contribution in [2.24, 2.45) is 5.92 Å². The largest absolute Gasteiger partial charge is 0.493 e. The van der Waals surface area contributed by atoms with Crippen LogP contribution < -0.4 is 14.8 Å². The highest BCUT2D eigenvalue weighted by Gasteiger charge is 2.25. The van der Waals surface area contributed by atoms with Crippen molar-refractivity contribution < 1.29 is 24.2 Å². The Kier molecular flexibility index (Phi) is 5.58. The number of nitrogens with one attached hydrogen (secondary N) is 1. The Morgan fingerprint density at radius 2 is 1.67 bits per heavy atom. The van der Waals surface area contributed by atoms with E-state index in [9.17, 15) is 9.59 Å². The zero-order valence-corrected chi connectivity index (χ0v) is 12.9. The summed E-state index contributed by atoms with van der Waals surface area (Å²) in [6.07, 6.45) is 0. The van der Waals surface area contributed by atoms with Crippen LogP contribution in [0.1, 0.15) is 29.8 Å². The highest BCUT2D eigenvalue weighted by atomic mass is 16.5. The van der Waals surface area contributed by atoms with Gasteiger partial charge in [-0.15, -0.1) is 0 Å². The number of methoxy groups -OCH3 is 2. The second kappa shape index (κ2) is 6.97. The van der Waals surface area contributed by atoms with Crippen LogP contribution in [-0.2, 0) is 4.79 Å². The summed E-state index contributed by atoms with van der Waals surface area (Å²) in [5.74, 6) is -0.784. The smallest absolute Gasteiger partial charge is 0.326 e. The summed E-state index contributed by atoms with van der Waals surface area (Å²) in [6, 6.07) is 2.28. The third kappa shape index (κ3) is 3.87. The van der Waals surface area contributed by atoms with E-state index in [-0.39, 0.29) is 5.92 Å². The third-order valence-corrected chi connectivity index (χ3v) is 3.19. The fourth-order valence-electron chi connectivity index (χ4n) is 1.96. The molecule has 1 aromatic rings. The zero-order valence-electron chi connectivity index (χ0n) is 12.9. The number of ether oxygens (including phenoxy) is 2. The van der Waals surface area contributed by atoms with Gasteiger partial charge in [0.25, 0.3) is 5.91 Å². The molecule has 0 aliphatic rings. The lowest BCUT2D eigenvalue weighted by molar-refractivity contribution is -0.140. The van der Waals surface area contributed by atoms with E-state index in [1.165, 1.54) is 14.2 Å². The Hall–Kier alpha value is -2.24. The summed E-state index contributed by atoms with van der Waals surface area (Å²) < 4.78 is 10.3. The fourth-order valence-corrected chi connectivity index (χ4v) is 1.96. The van der Waals surface area contributed by atoms with Gasteiger partial charge < -0.3 is 19.9 Å². The van der Waals surface area contributed by atoms with Crippen LogP contribution >= 0.6 is 0 Å². The van der Waals surface area contributed by atoms with E-state index in [0.717, 1.165) is 0 Å². The lowest BCUT2D eigenvalue weighted by Gasteiger charge is -2.19. The Bertz CT molecular complexity index is 539. The molecule has 1 aromatic carbocycles. The minimum Gasteiger partial charge on any atom is -0.493 e. The summed E-state index contributed by atoms with van der Waals surface area (Å²) in [4.78, 5) is 23.4. The van der Waals surface area contributed by atoms with Crippen molar-refractivity contribution in [3.63, 3.8) is 0 Å². The van der Waals surface area contributed by atoms with Gasteiger partial charge in [0.05, 0.1) is 14.2 Å². The number of amides is 1. The summed E-state index contributed by atoms with van der Waals surface area (Å²) in [5, 5.41) is 11.7. The maximum absolute atomic E-state index is 12.3. The average molecular weight is 295 g/mol. The summed E-state index contributed by atoms with van der Waals surface area (Å²) in [5.41, 5.74) is 1.04. The highest BCUT2D eigenvalue weighted by molar-refractivity contribution is 5.98. The van der Waals surface area contributed by atoms with Crippen molar-refractivity contribution in [3.8, 4) is 11.5 Å². The van der Waals surface area contributed by atoms with Crippen molar-refractivity contribution in [3.05, 3.63) is 23.3 Å². The number of rotatable bonds is 6. The van der Waals surface area contributed by atoms with E-state index in [4.69, 9.17) is 14.6 Å². The van der Waals surface area contributed by atoms with Crippen LogP contribution in [0.25, 0.3) is 0 Å².